The zero-order chi connectivity index (χ0) is 15.8. The van der Waals surface area contributed by atoms with Gasteiger partial charge < -0.3 is 10.6 Å². The summed E-state index contributed by atoms with van der Waals surface area (Å²) in [4.78, 5) is 13.9. The lowest BCUT2D eigenvalue weighted by Crippen LogP contribution is -2.32. The van der Waals surface area contributed by atoms with E-state index < -0.39 is 0 Å². The van der Waals surface area contributed by atoms with Crippen LogP contribution in [0.5, 0.6) is 0 Å². The van der Waals surface area contributed by atoms with Crippen LogP contribution in [-0.2, 0) is 13.0 Å². The zero-order valence-corrected chi connectivity index (χ0v) is 14.1. The highest BCUT2D eigenvalue weighted by Crippen LogP contribution is 2.37. The lowest BCUT2D eigenvalue weighted by atomic mass is 10.0. The van der Waals surface area contributed by atoms with Gasteiger partial charge in [0.25, 0.3) is 5.91 Å². The Morgan fingerprint density at radius 2 is 2.35 bits per heavy atom. The van der Waals surface area contributed by atoms with Crippen molar-refractivity contribution in [2.24, 2.45) is 0 Å². The van der Waals surface area contributed by atoms with Crippen molar-refractivity contribution in [3.05, 3.63) is 45.7 Å². The van der Waals surface area contributed by atoms with E-state index in [1.54, 1.807) is 11.8 Å². The first-order valence-corrected chi connectivity index (χ1v) is 9.08. The third-order valence-corrected chi connectivity index (χ3v) is 5.70. The van der Waals surface area contributed by atoms with E-state index in [-0.39, 0.29) is 11.9 Å². The van der Waals surface area contributed by atoms with Crippen molar-refractivity contribution in [3.8, 4) is 0 Å². The number of thioether (sulfide) groups is 1. The summed E-state index contributed by atoms with van der Waals surface area (Å²) >= 11 is 7.93. The van der Waals surface area contributed by atoms with Gasteiger partial charge in [0, 0.05) is 46.4 Å². The predicted octanol–water partition coefficient (Wildman–Crippen LogP) is 2.68. The Kier molecular flexibility index (Phi) is 4.05. The van der Waals surface area contributed by atoms with E-state index in [1.165, 1.54) is 4.90 Å². The van der Waals surface area contributed by atoms with Gasteiger partial charge in [-0.1, -0.05) is 11.6 Å². The summed E-state index contributed by atoms with van der Waals surface area (Å²) in [5.41, 5.74) is 3.67. The Morgan fingerprint density at radius 3 is 3.26 bits per heavy atom. The van der Waals surface area contributed by atoms with Crippen molar-refractivity contribution >= 4 is 29.3 Å². The molecule has 0 fully saturated rings. The maximum atomic E-state index is 12.7. The number of nitrogens with one attached hydrogen (secondary N) is 3. The summed E-state index contributed by atoms with van der Waals surface area (Å²) in [6, 6.07) is 5.87. The van der Waals surface area contributed by atoms with Gasteiger partial charge in [-0.2, -0.15) is 5.10 Å². The van der Waals surface area contributed by atoms with Gasteiger partial charge in [-0.05, 0) is 30.2 Å². The van der Waals surface area contributed by atoms with E-state index in [2.05, 4.69) is 20.8 Å². The third kappa shape index (κ3) is 2.86. The van der Waals surface area contributed by atoms with Crippen molar-refractivity contribution < 1.29 is 4.79 Å². The van der Waals surface area contributed by atoms with Crippen LogP contribution in [0.4, 0.5) is 0 Å². The molecule has 4 rings (SSSR count). The van der Waals surface area contributed by atoms with Crippen molar-refractivity contribution in [1.29, 1.82) is 0 Å². The van der Waals surface area contributed by atoms with Crippen molar-refractivity contribution in [3.63, 3.8) is 0 Å². The number of H-pyrrole nitrogens is 1. The molecule has 120 valence electrons. The molecule has 1 unspecified atom stereocenters. The van der Waals surface area contributed by atoms with E-state index in [4.69, 9.17) is 11.6 Å². The van der Waals surface area contributed by atoms with Gasteiger partial charge in [0.1, 0.15) is 0 Å². The smallest absolute Gasteiger partial charge is 0.272 e. The van der Waals surface area contributed by atoms with Gasteiger partial charge in [0.15, 0.2) is 5.69 Å². The molecule has 1 amide bonds. The van der Waals surface area contributed by atoms with Gasteiger partial charge in [-0.25, -0.2) is 0 Å². The second kappa shape index (κ2) is 6.19. The molecule has 0 saturated heterocycles. The minimum atomic E-state index is -0.117. The fourth-order valence-corrected chi connectivity index (χ4v) is 4.44. The van der Waals surface area contributed by atoms with Gasteiger partial charge in [0.05, 0.1) is 6.04 Å². The lowest BCUT2D eigenvalue weighted by molar-refractivity contribution is 0.0928. The Hall–Kier alpha value is -1.50. The molecule has 7 heteroatoms. The topological polar surface area (TPSA) is 69.8 Å². The summed E-state index contributed by atoms with van der Waals surface area (Å²) in [5.74, 6) is 0.869. The standard InChI is InChI=1S/C16H17ClN4OS/c17-9-1-2-14-10(7-9)12(4-6-23-14)19-16(22)15-11-8-18-5-3-13(11)20-21-15/h1-2,7,12,18H,3-6,8H2,(H,19,22)(H,20,21). The number of carbonyl (C=O) groups is 1. The van der Waals surface area contributed by atoms with E-state index in [0.717, 1.165) is 42.0 Å². The third-order valence-electron chi connectivity index (χ3n) is 4.34. The molecular formula is C16H17ClN4OS. The molecule has 3 heterocycles. The molecular weight excluding hydrogens is 332 g/mol. The number of aromatic nitrogens is 2. The molecule has 3 N–H and O–H groups in total. The van der Waals surface area contributed by atoms with Crippen molar-refractivity contribution in [2.45, 2.75) is 30.3 Å². The van der Waals surface area contributed by atoms with E-state index in [9.17, 15) is 4.79 Å². The molecule has 1 atom stereocenters. The molecule has 1 aromatic carbocycles. The SMILES string of the molecule is O=C(NC1CCSc2ccc(Cl)cc21)c1n[nH]c2c1CNCC2. The van der Waals surface area contributed by atoms with Gasteiger partial charge >= 0.3 is 0 Å². The molecule has 2 aliphatic heterocycles. The van der Waals surface area contributed by atoms with Crippen LogP contribution >= 0.6 is 23.4 Å². The molecule has 2 aliphatic rings. The van der Waals surface area contributed by atoms with E-state index in [1.807, 2.05) is 18.2 Å². The predicted molar refractivity (Wildman–Crippen MR) is 91.0 cm³/mol. The highest BCUT2D eigenvalue weighted by atomic mass is 35.5. The summed E-state index contributed by atoms with van der Waals surface area (Å²) in [7, 11) is 0. The number of benzene rings is 1. The first kappa shape index (κ1) is 15.1. The van der Waals surface area contributed by atoms with Crippen LogP contribution in [0.25, 0.3) is 0 Å². The van der Waals surface area contributed by atoms with Crippen LogP contribution in [0.1, 0.15) is 39.8 Å². The molecule has 2 aromatic rings. The molecule has 0 spiro atoms. The van der Waals surface area contributed by atoms with Crippen LogP contribution < -0.4 is 10.6 Å². The number of nitrogens with zero attached hydrogens (tertiary/aromatic N) is 1. The Bertz CT molecular complexity index is 761. The number of aromatic amines is 1. The molecule has 1 aromatic heterocycles. The number of amides is 1. The Morgan fingerprint density at radius 1 is 1.43 bits per heavy atom. The highest BCUT2D eigenvalue weighted by Gasteiger charge is 2.26. The second-order valence-corrected chi connectivity index (χ2v) is 7.37. The molecule has 0 saturated carbocycles. The van der Waals surface area contributed by atoms with E-state index >= 15 is 0 Å². The summed E-state index contributed by atoms with van der Waals surface area (Å²) in [6.45, 7) is 1.61. The first-order chi connectivity index (χ1) is 11.2. The second-order valence-electron chi connectivity index (χ2n) is 5.80. The first-order valence-electron chi connectivity index (χ1n) is 7.72. The zero-order valence-electron chi connectivity index (χ0n) is 12.5. The van der Waals surface area contributed by atoms with Crippen LogP contribution in [0.15, 0.2) is 23.1 Å². The molecule has 0 aliphatic carbocycles. The monoisotopic (exact) mass is 348 g/mol. The molecule has 23 heavy (non-hydrogen) atoms. The lowest BCUT2D eigenvalue weighted by Gasteiger charge is -2.26. The highest BCUT2D eigenvalue weighted by molar-refractivity contribution is 7.99. The Labute approximate surface area is 143 Å². The maximum absolute atomic E-state index is 12.7. The van der Waals surface area contributed by atoms with Gasteiger partial charge in [-0.3, -0.25) is 9.89 Å². The fourth-order valence-electron chi connectivity index (χ4n) is 3.15. The summed E-state index contributed by atoms with van der Waals surface area (Å²) in [6.07, 6.45) is 1.78. The molecule has 0 radical (unpaired) electrons. The minimum absolute atomic E-state index is 0.0126. The van der Waals surface area contributed by atoms with E-state index in [0.29, 0.717) is 17.3 Å². The van der Waals surface area contributed by atoms with Crippen LogP contribution in [0.2, 0.25) is 5.02 Å². The van der Waals surface area contributed by atoms with Gasteiger partial charge in [-0.15, -0.1) is 11.8 Å². The molecule has 5 nitrogen and oxygen atoms in total. The maximum Gasteiger partial charge on any atom is 0.272 e. The minimum Gasteiger partial charge on any atom is -0.344 e. The molecule has 0 bridgehead atoms. The number of carbonyl (C=O) groups excluding carboxylic acids is 1. The number of hydrogen-bond donors (Lipinski definition) is 3. The number of hydrogen-bond acceptors (Lipinski definition) is 4. The average Bonchev–Trinajstić information content (AvgIpc) is 2.99. The van der Waals surface area contributed by atoms with Crippen molar-refractivity contribution in [2.75, 3.05) is 12.3 Å². The van der Waals surface area contributed by atoms with Crippen LogP contribution in [-0.4, -0.2) is 28.4 Å². The van der Waals surface area contributed by atoms with Crippen LogP contribution in [0.3, 0.4) is 0 Å². The fraction of sp³-hybridized carbons (Fsp3) is 0.375. The van der Waals surface area contributed by atoms with Gasteiger partial charge in [0.2, 0.25) is 0 Å². The largest absolute Gasteiger partial charge is 0.344 e. The number of rotatable bonds is 2. The average molecular weight is 349 g/mol. The quantitative estimate of drug-likeness (QED) is 0.780. The van der Waals surface area contributed by atoms with Crippen LogP contribution in [0, 0.1) is 0 Å². The summed E-state index contributed by atoms with van der Waals surface area (Å²) < 4.78 is 0. The normalized spacial score (nSPS) is 19.8. The number of halogens is 1. The summed E-state index contributed by atoms with van der Waals surface area (Å²) in [5, 5.41) is 14.3. The Balaban J connectivity index is 1.58. The number of fused-ring (bicyclic) bond motifs is 2. The van der Waals surface area contributed by atoms with Crippen molar-refractivity contribution in [1.82, 2.24) is 20.8 Å².